The van der Waals surface area contributed by atoms with Gasteiger partial charge in [0.15, 0.2) is 0 Å². The van der Waals surface area contributed by atoms with Gasteiger partial charge < -0.3 is 9.84 Å². The van der Waals surface area contributed by atoms with Gasteiger partial charge in [0.2, 0.25) is 0 Å². The van der Waals surface area contributed by atoms with Crippen LogP contribution in [-0.4, -0.2) is 29.3 Å². The smallest absolute Gasteiger partial charge is 0.387 e. The van der Waals surface area contributed by atoms with Crippen molar-refractivity contribution in [1.82, 2.24) is 4.90 Å². The molecule has 0 unspecified atom stereocenters. The van der Waals surface area contributed by atoms with E-state index in [9.17, 15) is 13.9 Å². The number of ether oxygens (including phenoxy) is 1. The van der Waals surface area contributed by atoms with Crippen molar-refractivity contribution in [2.75, 3.05) is 6.61 Å². The first-order valence-corrected chi connectivity index (χ1v) is 8.41. The molecule has 0 aromatic heterocycles. The summed E-state index contributed by atoms with van der Waals surface area (Å²) in [6.45, 7) is -0.00959. The third-order valence-electron chi connectivity index (χ3n) is 3.73. The van der Waals surface area contributed by atoms with Crippen molar-refractivity contribution in [2.45, 2.75) is 32.7 Å². The first-order chi connectivity index (χ1) is 11.5. The molecule has 0 heterocycles. The maximum atomic E-state index is 12.6. The van der Waals surface area contributed by atoms with E-state index in [4.69, 9.17) is 0 Å². The minimum atomic E-state index is -2.87. The lowest BCUT2D eigenvalue weighted by molar-refractivity contribution is -0.0509. The zero-order valence-electron chi connectivity index (χ0n) is 13.3. The number of hydrogen-bond acceptors (Lipinski definition) is 3. The number of halogens is 3. The lowest BCUT2D eigenvalue weighted by Gasteiger charge is -2.28. The van der Waals surface area contributed by atoms with Gasteiger partial charge in [-0.15, -0.1) is 0 Å². The number of hydrogen-bond donors (Lipinski definition) is 1. The van der Waals surface area contributed by atoms with Crippen molar-refractivity contribution < 1.29 is 18.6 Å². The number of nitrogens with zero attached hydrogens (tertiary/aromatic N) is 1. The van der Waals surface area contributed by atoms with Crippen LogP contribution < -0.4 is 4.74 Å². The maximum Gasteiger partial charge on any atom is 0.387 e. The highest BCUT2D eigenvalue weighted by molar-refractivity contribution is 9.10. The molecule has 2 aromatic rings. The second-order valence-corrected chi connectivity index (χ2v) is 6.47. The van der Waals surface area contributed by atoms with E-state index in [0.29, 0.717) is 18.7 Å². The molecule has 0 aliphatic carbocycles. The van der Waals surface area contributed by atoms with E-state index in [1.165, 1.54) is 6.07 Å². The van der Waals surface area contributed by atoms with E-state index >= 15 is 0 Å². The quantitative estimate of drug-likeness (QED) is 0.712. The van der Waals surface area contributed by atoms with E-state index in [1.807, 2.05) is 42.2 Å². The summed E-state index contributed by atoms with van der Waals surface area (Å²) in [6.07, 6.45) is 0. The molecule has 1 atom stereocenters. The predicted molar refractivity (Wildman–Crippen MR) is 93.0 cm³/mol. The summed E-state index contributed by atoms with van der Waals surface area (Å²) < 4.78 is 30.7. The van der Waals surface area contributed by atoms with Gasteiger partial charge in [-0.25, -0.2) is 0 Å². The third-order valence-corrected chi connectivity index (χ3v) is 4.22. The topological polar surface area (TPSA) is 32.7 Å². The second-order valence-electron chi connectivity index (χ2n) is 5.55. The maximum absolute atomic E-state index is 12.6. The Morgan fingerprint density at radius 2 is 1.83 bits per heavy atom. The van der Waals surface area contributed by atoms with Crippen molar-refractivity contribution in [2.24, 2.45) is 0 Å². The fourth-order valence-corrected chi connectivity index (χ4v) is 2.81. The van der Waals surface area contributed by atoms with Gasteiger partial charge in [0.25, 0.3) is 0 Å². The van der Waals surface area contributed by atoms with Gasteiger partial charge >= 0.3 is 6.61 Å². The van der Waals surface area contributed by atoms with Crippen LogP contribution in [-0.2, 0) is 13.1 Å². The molecule has 2 aromatic carbocycles. The van der Waals surface area contributed by atoms with Crippen LogP contribution >= 0.6 is 15.9 Å². The third kappa shape index (κ3) is 5.54. The average molecular weight is 400 g/mol. The van der Waals surface area contributed by atoms with Gasteiger partial charge in [0.05, 0.1) is 6.61 Å². The predicted octanol–water partition coefficient (Wildman–Crippen LogP) is 4.43. The van der Waals surface area contributed by atoms with Crippen LogP contribution in [0.15, 0.2) is 53.0 Å². The molecule has 0 aliphatic heterocycles. The number of alkyl halides is 2. The lowest BCUT2D eigenvalue weighted by Crippen LogP contribution is -2.34. The molecule has 0 spiro atoms. The summed E-state index contributed by atoms with van der Waals surface area (Å²) in [5.41, 5.74) is 1.73. The molecule has 0 saturated heterocycles. The number of rotatable bonds is 8. The Morgan fingerprint density at radius 1 is 1.12 bits per heavy atom. The molecule has 0 aliphatic rings. The summed E-state index contributed by atoms with van der Waals surface area (Å²) in [6, 6.07) is 14.6. The zero-order chi connectivity index (χ0) is 17.5. The Morgan fingerprint density at radius 3 is 2.46 bits per heavy atom. The summed E-state index contributed by atoms with van der Waals surface area (Å²) in [5.74, 6) is 0.149. The number of aliphatic hydroxyl groups excluding tert-OH is 1. The lowest BCUT2D eigenvalue weighted by atomic mass is 10.1. The van der Waals surface area contributed by atoms with Gasteiger partial charge in [0, 0.05) is 29.2 Å². The van der Waals surface area contributed by atoms with Crippen molar-refractivity contribution in [1.29, 1.82) is 0 Å². The van der Waals surface area contributed by atoms with Gasteiger partial charge in [0.1, 0.15) is 5.75 Å². The monoisotopic (exact) mass is 399 g/mol. The minimum absolute atomic E-state index is 0.0219. The SMILES string of the molecule is C[C@H](CO)N(Cc1ccccc1)Cc1cc(Br)ccc1OC(F)F. The van der Waals surface area contributed by atoms with Gasteiger partial charge in [-0.2, -0.15) is 8.78 Å². The standard InChI is InChI=1S/C18H20BrF2NO2/c1-13(12-23)22(10-14-5-3-2-4-6-14)11-15-9-16(19)7-8-17(15)24-18(20)21/h2-9,13,18,23H,10-12H2,1H3/t13-/m1/s1. The molecule has 24 heavy (non-hydrogen) atoms. The summed E-state index contributed by atoms with van der Waals surface area (Å²) in [7, 11) is 0. The molecule has 0 amide bonds. The highest BCUT2D eigenvalue weighted by Gasteiger charge is 2.18. The molecule has 0 fully saturated rings. The molecular weight excluding hydrogens is 380 g/mol. The molecule has 0 bridgehead atoms. The Bertz CT molecular complexity index is 640. The van der Waals surface area contributed by atoms with E-state index in [1.54, 1.807) is 12.1 Å². The summed E-state index contributed by atoms with van der Waals surface area (Å²) >= 11 is 3.36. The first-order valence-electron chi connectivity index (χ1n) is 7.61. The van der Waals surface area contributed by atoms with E-state index in [0.717, 1.165) is 10.0 Å². The highest BCUT2D eigenvalue weighted by Crippen LogP contribution is 2.27. The molecule has 0 radical (unpaired) electrons. The van der Waals surface area contributed by atoms with Crippen LogP contribution in [0.4, 0.5) is 8.78 Å². The second kappa shape index (κ2) is 9.11. The molecule has 1 N–H and O–H groups in total. The number of aliphatic hydroxyl groups is 1. The van der Waals surface area contributed by atoms with Crippen LogP contribution in [0.2, 0.25) is 0 Å². The molecule has 130 valence electrons. The van der Waals surface area contributed by atoms with Crippen molar-refractivity contribution >= 4 is 15.9 Å². The van der Waals surface area contributed by atoms with E-state index < -0.39 is 6.61 Å². The van der Waals surface area contributed by atoms with Crippen LogP contribution in [0.5, 0.6) is 5.75 Å². The zero-order valence-corrected chi connectivity index (χ0v) is 14.9. The average Bonchev–Trinajstić information content (AvgIpc) is 2.56. The van der Waals surface area contributed by atoms with E-state index in [2.05, 4.69) is 20.7 Å². The van der Waals surface area contributed by atoms with Crippen molar-refractivity contribution in [3.8, 4) is 5.75 Å². The Labute approximate surface area is 149 Å². The molecular formula is C18H20BrF2NO2. The summed E-state index contributed by atoms with van der Waals surface area (Å²) in [5, 5.41) is 9.53. The fourth-order valence-electron chi connectivity index (χ4n) is 2.40. The van der Waals surface area contributed by atoms with Crippen LogP contribution in [0, 0.1) is 0 Å². The van der Waals surface area contributed by atoms with Crippen molar-refractivity contribution in [3.05, 3.63) is 64.1 Å². The molecule has 3 nitrogen and oxygen atoms in total. The first kappa shape index (κ1) is 18.8. The Hall–Kier alpha value is -1.50. The Balaban J connectivity index is 2.24. The molecule has 6 heteroatoms. The fraction of sp³-hybridized carbons (Fsp3) is 0.333. The summed E-state index contributed by atoms with van der Waals surface area (Å²) in [4.78, 5) is 2.02. The van der Waals surface area contributed by atoms with E-state index in [-0.39, 0.29) is 18.4 Å². The molecule has 2 rings (SSSR count). The Kier molecular flexibility index (Phi) is 7.15. The van der Waals surface area contributed by atoms with Crippen LogP contribution in [0.1, 0.15) is 18.1 Å². The highest BCUT2D eigenvalue weighted by atomic mass is 79.9. The van der Waals surface area contributed by atoms with Crippen LogP contribution in [0.25, 0.3) is 0 Å². The molecule has 0 saturated carbocycles. The largest absolute Gasteiger partial charge is 0.434 e. The van der Waals surface area contributed by atoms with Crippen LogP contribution in [0.3, 0.4) is 0 Å². The normalized spacial score (nSPS) is 12.6. The number of benzene rings is 2. The van der Waals surface area contributed by atoms with Gasteiger partial charge in [-0.3, -0.25) is 4.90 Å². The van der Waals surface area contributed by atoms with Gasteiger partial charge in [-0.05, 0) is 30.7 Å². The van der Waals surface area contributed by atoms with Gasteiger partial charge in [-0.1, -0.05) is 46.3 Å². The van der Waals surface area contributed by atoms with Crippen molar-refractivity contribution in [3.63, 3.8) is 0 Å². The minimum Gasteiger partial charge on any atom is -0.434 e.